The first-order chi connectivity index (χ1) is 16.7. The lowest BCUT2D eigenvalue weighted by molar-refractivity contribution is 0.402. The summed E-state index contributed by atoms with van der Waals surface area (Å²) < 4.78 is 23.3. The third-order valence-corrected chi connectivity index (χ3v) is 6.24. The third kappa shape index (κ3) is 3.67. The Hall–Kier alpha value is -4.18. The number of fused-ring (bicyclic) bond motifs is 2. The molecule has 5 aromatic rings. The Morgan fingerprint density at radius 3 is 0.941 bits per heavy atom. The Balaban J connectivity index is 1.76. The molecular weight excluding hydrogens is 424 g/mol. The van der Waals surface area contributed by atoms with Gasteiger partial charge in [-0.15, -0.1) is 0 Å². The highest BCUT2D eigenvalue weighted by molar-refractivity contribution is 5.95. The Labute approximate surface area is 199 Å². The van der Waals surface area contributed by atoms with Crippen molar-refractivity contribution in [2.75, 3.05) is 28.4 Å². The Morgan fingerprint density at radius 2 is 0.618 bits per heavy atom. The average molecular weight is 451 g/mol. The van der Waals surface area contributed by atoms with Crippen LogP contribution in [0.3, 0.4) is 0 Å². The number of benzene rings is 5. The summed E-state index contributed by atoms with van der Waals surface area (Å²) in [7, 11) is 6.73. The molecule has 4 nitrogen and oxygen atoms in total. The second-order valence-electron chi connectivity index (χ2n) is 8.05. The SMILES string of the molecule is COc1cc(-c2cc3ccccc3cc2OC)c(OC)cc1-c1cc2ccccc2cc1OC. The van der Waals surface area contributed by atoms with Crippen LogP contribution in [0, 0.1) is 0 Å². The van der Waals surface area contributed by atoms with Gasteiger partial charge in [0.05, 0.1) is 28.4 Å². The topological polar surface area (TPSA) is 36.9 Å². The van der Waals surface area contributed by atoms with Crippen molar-refractivity contribution in [2.45, 2.75) is 0 Å². The molecule has 0 bridgehead atoms. The van der Waals surface area contributed by atoms with E-state index in [0.717, 1.165) is 66.8 Å². The van der Waals surface area contributed by atoms with Gasteiger partial charge < -0.3 is 18.9 Å². The highest BCUT2D eigenvalue weighted by Gasteiger charge is 2.20. The van der Waals surface area contributed by atoms with Gasteiger partial charge in [0.15, 0.2) is 0 Å². The van der Waals surface area contributed by atoms with Crippen LogP contribution in [0.4, 0.5) is 0 Å². The zero-order chi connectivity index (χ0) is 23.7. The van der Waals surface area contributed by atoms with Crippen molar-refractivity contribution in [3.05, 3.63) is 84.9 Å². The van der Waals surface area contributed by atoms with Gasteiger partial charge in [-0.05, 0) is 57.9 Å². The van der Waals surface area contributed by atoms with Crippen LogP contribution in [0.15, 0.2) is 84.9 Å². The molecule has 5 rings (SSSR count). The van der Waals surface area contributed by atoms with Gasteiger partial charge in [0.2, 0.25) is 0 Å². The van der Waals surface area contributed by atoms with E-state index in [0.29, 0.717) is 0 Å². The minimum Gasteiger partial charge on any atom is -0.496 e. The van der Waals surface area contributed by atoms with E-state index in [1.807, 2.05) is 36.4 Å². The van der Waals surface area contributed by atoms with Crippen LogP contribution in [0.2, 0.25) is 0 Å². The first kappa shape index (κ1) is 21.7. The minimum absolute atomic E-state index is 0.722. The van der Waals surface area contributed by atoms with Crippen LogP contribution in [-0.2, 0) is 0 Å². The molecule has 0 radical (unpaired) electrons. The number of hydrogen-bond donors (Lipinski definition) is 0. The summed E-state index contributed by atoms with van der Waals surface area (Å²) in [4.78, 5) is 0. The lowest BCUT2D eigenvalue weighted by atomic mass is 9.94. The van der Waals surface area contributed by atoms with Gasteiger partial charge in [-0.1, -0.05) is 48.5 Å². The summed E-state index contributed by atoms with van der Waals surface area (Å²) in [5.41, 5.74) is 3.66. The van der Waals surface area contributed by atoms with Crippen LogP contribution in [-0.4, -0.2) is 28.4 Å². The third-order valence-electron chi connectivity index (χ3n) is 6.24. The molecule has 0 aromatic heterocycles. The lowest BCUT2D eigenvalue weighted by Gasteiger charge is -2.19. The van der Waals surface area contributed by atoms with Gasteiger partial charge in [-0.2, -0.15) is 0 Å². The van der Waals surface area contributed by atoms with Gasteiger partial charge in [0.1, 0.15) is 23.0 Å². The summed E-state index contributed by atoms with van der Waals surface area (Å²) in [6, 6.07) is 28.8. The molecule has 0 N–H and O–H groups in total. The second kappa shape index (κ2) is 8.99. The van der Waals surface area contributed by atoms with E-state index in [4.69, 9.17) is 18.9 Å². The fourth-order valence-corrected chi connectivity index (χ4v) is 4.52. The molecule has 0 aliphatic heterocycles. The fraction of sp³-hybridized carbons (Fsp3) is 0.133. The van der Waals surface area contributed by atoms with Crippen LogP contribution in [0.1, 0.15) is 0 Å². The molecule has 170 valence electrons. The monoisotopic (exact) mass is 450 g/mol. The summed E-state index contributed by atoms with van der Waals surface area (Å²) in [6.45, 7) is 0. The predicted octanol–water partition coefficient (Wildman–Crippen LogP) is 7.36. The minimum atomic E-state index is 0.722. The first-order valence-corrected chi connectivity index (χ1v) is 11.1. The maximum Gasteiger partial charge on any atom is 0.127 e. The van der Waals surface area contributed by atoms with Crippen molar-refractivity contribution in [1.29, 1.82) is 0 Å². The highest BCUT2D eigenvalue weighted by Crippen LogP contribution is 2.47. The quantitative estimate of drug-likeness (QED) is 0.271. The molecule has 0 aliphatic rings. The lowest BCUT2D eigenvalue weighted by Crippen LogP contribution is -1.97. The smallest absolute Gasteiger partial charge is 0.127 e. The molecule has 0 aliphatic carbocycles. The predicted molar refractivity (Wildman–Crippen MR) is 139 cm³/mol. The number of methoxy groups -OCH3 is 4. The Morgan fingerprint density at radius 1 is 0.353 bits per heavy atom. The van der Waals surface area contributed by atoms with E-state index in [9.17, 15) is 0 Å². The fourth-order valence-electron chi connectivity index (χ4n) is 4.52. The van der Waals surface area contributed by atoms with Crippen LogP contribution >= 0.6 is 0 Å². The average Bonchev–Trinajstić information content (AvgIpc) is 2.90. The van der Waals surface area contributed by atoms with Crippen LogP contribution in [0.5, 0.6) is 23.0 Å². The van der Waals surface area contributed by atoms with Gasteiger partial charge in [0, 0.05) is 22.3 Å². The molecule has 4 heteroatoms. The van der Waals surface area contributed by atoms with E-state index in [1.165, 1.54) is 0 Å². The highest BCUT2D eigenvalue weighted by atomic mass is 16.5. The summed E-state index contributed by atoms with van der Waals surface area (Å²) >= 11 is 0. The number of ether oxygens (including phenoxy) is 4. The maximum atomic E-state index is 5.88. The molecule has 0 fully saturated rings. The van der Waals surface area contributed by atoms with Crippen molar-refractivity contribution in [3.8, 4) is 45.3 Å². The van der Waals surface area contributed by atoms with Crippen molar-refractivity contribution < 1.29 is 18.9 Å². The number of hydrogen-bond acceptors (Lipinski definition) is 4. The van der Waals surface area contributed by atoms with Crippen molar-refractivity contribution in [3.63, 3.8) is 0 Å². The molecular formula is C30H26O4. The normalized spacial score (nSPS) is 10.9. The Kier molecular flexibility index (Phi) is 5.72. The largest absolute Gasteiger partial charge is 0.496 e. The Bertz CT molecular complexity index is 1390. The molecule has 0 spiro atoms. The van der Waals surface area contributed by atoms with E-state index < -0.39 is 0 Å². The summed E-state index contributed by atoms with van der Waals surface area (Å²) in [5.74, 6) is 2.99. The molecule has 0 atom stereocenters. The molecule has 0 amide bonds. The molecule has 0 unspecified atom stereocenters. The van der Waals surface area contributed by atoms with Gasteiger partial charge in [-0.25, -0.2) is 0 Å². The zero-order valence-electron chi connectivity index (χ0n) is 19.7. The molecule has 34 heavy (non-hydrogen) atoms. The standard InChI is InChI=1S/C30H26O4/c1-31-27-15-21-11-7-5-9-19(21)13-23(27)25-17-30(34-4)26(18-29(25)33-3)24-14-20-10-6-8-12-22(20)16-28(24)32-2/h5-18H,1-4H3. The second-order valence-corrected chi connectivity index (χ2v) is 8.05. The van der Waals surface area contributed by atoms with E-state index in [1.54, 1.807) is 28.4 Å². The van der Waals surface area contributed by atoms with Crippen LogP contribution < -0.4 is 18.9 Å². The zero-order valence-corrected chi connectivity index (χ0v) is 19.7. The first-order valence-electron chi connectivity index (χ1n) is 11.1. The van der Waals surface area contributed by atoms with Crippen molar-refractivity contribution in [2.24, 2.45) is 0 Å². The van der Waals surface area contributed by atoms with E-state index in [2.05, 4.69) is 48.5 Å². The van der Waals surface area contributed by atoms with Crippen molar-refractivity contribution >= 4 is 21.5 Å². The molecule has 0 saturated heterocycles. The summed E-state index contributed by atoms with van der Waals surface area (Å²) in [6.07, 6.45) is 0. The van der Waals surface area contributed by atoms with Gasteiger partial charge >= 0.3 is 0 Å². The van der Waals surface area contributed by atoms with E-state index >= 15 is 0 Å². The maximum absolute atomic E-state index is 5.88. The van der Waals surface area contributed by atoms with Gasteiger partial charge in [-0.3, -0.25) is 0 Å². The molecule has 0 saturated carbocycles. The number of rotatable bonds is 6. The van der Waals surface area contributed by atoms with Crippen LogP contribution in [0.25, 0.3) is 43.8 Å². The molecule has 5 aromatic carbocycles. The van der Waals surface area contributed by atoms with Gasteiger partial charge in [0.25, 0.3) is 0 Å². The summed E-state index contributed by atoms with van der Waals surface area (Å²) in [5, 5.41) is 4.48. The van der Waals surface area contributed by atoms with Crippen molar-refractivity contribution in [1.82, 2.24) is 0 Å². The molecule has 0 heterocycles. The van der Waals surface area contributed by atoms with E-state index in [-0.39, 0.29) is 0 Å².